The minimum Gasteiger partial charge on any atom is -0.462 e. The molecule has 0 aliphatic heterocycles. The van der Waals surface area contributed by atoms with Crippen molar-refractivity contribution in [1.29, 1.82) is 0 Å². The number of allylic oxidation sites excluding steroid dienone is 1. The van der Waals surface area contributed by atoms with Gasteiger partial charge in [-0.3, -0.25) is 9.59 Å². The van der Waals surface area contributed by atoms with Crippen LogP contribution in [-0.4, -0.2) is 24.2 Å². The molecule has 3 fully saturated rings. The highest BCUT2D eigenvalue weighted by atomic mass is 19.4. The quantitative estimate of drug-likeness (QED) is 0.309. The molecule has 202 valence electrons. The third-order valence-corrected chi connectivity index (χ3v) is 10.3. The average Bonchev–Trinajstić information content (AvgIpc) is 3.19. The summed E-state index contributed by atoms with van der Waals surface area (Å²) in [5.41, 5.74) is 1.03. The predicted octanol–water partition coefficient (Wildman–Crippen LogP) is 7.34. The van der Waals surface area contributed by atoms with Crippen molar-refractivity contribution in [3.05, 3.63) is 47.5 Å². The molecule has 0 saturated heterocycles. The lowest BCUT2D eigenvalue weighted by Gasteiger charge is -2.57. The van der Waals surface area contributed by atoms with Crippen molar-refractivity contribution in [2.24, 2.45) is 34.5 Å². The van der Waals surface area contributed by atoms with E-state index in [4.69, 9.17) is 9.47 Å². The van der Waals surface area contributed by atoms with Crippen LogP contribution in [0.3, 0.4) is 0 Å². The monoisotopic (exact) mass is 518 g/mol. The molecule has 7 heteroatoms. The Hall–Kier alpha value is -2.31. The fourth-order valence-electron chi connectivity index (χ4n) is 8.50. The van der Waals surface area contributed by atoms with Gasteiger partial charge in [0.15, 0.2) is 0 Å². The van der Waals surface area contributed by atoms with E-state index in [1.807, 2.05) is 0 Å². The van der Waals surface area contributed by atoms with E-state index < -0.39 is 24.2 Å². The molecule has 1 aromatic carbocycles. The van der Waals surface area contributed by atoms with Gasteiger partial charge in [0.05, 0.1) is 5.92 Å². The van der Waals surface area contributed by atoms with Crippen molar-refractivity contribution < 1.29 is 32.2 Å². The number of ether oxygens (including phenoxy) is 2. The van der Waals surface area contributed by atoms with Gasteiger partial charge in [-0.2, -0.15) is 13.2 Å². The van der Waals surface area contributed by atoms with Crippen molar-refractivity contribution >= 4 is 11.9 Å². The van der Waals surface area contributed by atoms with Crippen LogP contribution in [0.2, 0.25) is 0 Å². The van der Waals surface area contributed by atoms with Crippen LogP contribution >= 0.6 is 0 Å². The van der Waals surface area contributed by atoms with E-state index in [1.165, 1.54) is 36.8 Å². The lowest BCUT2D eigenvalue weighted by Crippen LogP contribution is -2.51. The first-order valence-electron chi connectivity index (χ1n) is 13.6. The molecule has 3 saturated carbocycles. The minimum atomic E-state index is -4.67. The first kappa shape index (κ1) is 26.3. The van der Waals surface area contributed by atoms with Gasteiger partial charge < -0.3 is 9.47 Å². The van der Waals surface area contributed by atoms with Gasteiger partial charge in [-0.25, -0.2) is 0 Å². The highest BCUT2D eigenvalue weighted by Gasteiger charge is 2.61. The number of carbonyl (C=O) groups is 2. The lowest BCUT2D eigenvalue weighted by atomic mass is 9.47. The van der Waals surface area contributed by atoms with Gasteiger partial charge in [0, 0.05) is 18.9 Å². The molecule has 0 radical (unpaired) electrons. The summed E-state index contributed by atoms with van der Waals surface area (Å²) in [6, 6.07) is 7.42. The first-order chi connectivity index (χ1) is 17.4. The molecule has 4 nitrogen and oxygen atoms in total. The minimum absolute atomic E-state index is 0.0472. The Kier molecular flexibility index (Phi) is 6.73. The molecule has 0 unspecified atom stereocenters. The molecule has 4 aliphatic rings. The zero-order chi connectivity index (χ0) is 26.6. The highest BCUT2D eigenvalue weighted by molar-refractivity contribution is 5.74. The van der Waals surface area contributed by atoms with E-state index in [1.54, 1.807) is 6.07 Å². The molecular weight excluding hydrogens is 481 g/mol. The standard InChI is InChI=1S/C30H37F3O4/c1-18(34)36-21-13-15-28(2)20(17-21)9-10-22-23-11-12-25(29(23,3)16-14-24(22)28)27(35)37-26(30(31,32)33)19-7-5-4-6-8-19/h4-9,21-26H,10-17H2,1-3H3/t21-,22+,23+,24+,25-,26+,28-,29+/m0/s1. The molecule has 8 atom stereocenters. The number of carbonyl (C=O) groups excluding carboxylic acids is 2. The van der Waals surface area contributed by atoms with Crippen LogP contribution in [0.4, 0.5) is 13.2 Å². The number of halogens is 3. The Bertz CT molecular complexity index is 1070. The number of rotatable bonds is 4. The second-order valence-corrected chi connectivity index (χ2v) is 12.2. The Morgan fingerprint density at radius 2 is 1.73 bits per heavy atom. The molecule has 37 heavy (non-hydrogen) atoms. The normalized spacial score (nSPS) is 37.9. The van der Waals surface area contributed by atoms with Gasteiger partial charge in [-0.05, 0) is 73.5 Å². The summed E-state index contributed by atoms with van der Waals surface area (Å²) < 4.78 is 52.5. The van der Waals surface area contributed by atoms with Gasteiger partial charge in [-0.15, -0.1) is 0 Å². The second kappa shape index (κ2) is 9.46. The maximum Gasteiger partial charge on any atom is 0.429 e. The Balaban J connectivity index is 1.34. The molecule has 0 aromatic heterocycles. The van der Waals surface area contributed by atoms with Gasteiger partial charge in [0.25, 0.3) is 0 Å². The van der Waals surface area contributed by atoms with Crippen LogP contribution in [0, 0.1) is 34.5 Å². The average molecular weight is 519 g/mol. The smallest absolute Gasteiger partial charge is 0.429 e. The SMILES string of the molecule is CC(=O)O[C@H]1CC[C@@]2(C)C(=CC[C@@H]3[C@H]4CC[C@@H](C(=O)O[C@H](c5ccccc5)C(F)(F)F)[C@]4(C)CC[C@H]32)C1. The zero-order valence-corrected chi connectivity index (χ0v) is 21.9. The van der Waals surface area contributed by atoms with E-state index in [-0.39, 0.29) is 34.4 Å². The number of alkyl halides is 3. The summed E-state index contributed by atoms with van der Waals surface area (Å²) in [5, 5.41) is 0. The van der Waals surface area contributed by atoms with Crippen LogP contribution in [-0.2, 0) is 19.1 Å². The van der Waals surface area contributed by atoms with Crippen LogP contribution in [0.15, 0.2) is 42.0 Å². The van der Waals surface area contributed by atoms with E-state index in [2.05, 4.69) is 19.9 Å². The molecule has 4 aliphatic carbocycles. The van der Waals surface area contributed by atoms with Crippen LogP contribution in [0.5, 0.6) is 0 Å². The second-order valence-electron chi connectivity index (χ2n) is 12.2. The Morgan fingerprint density at radius 1 is 1.00 bits per heavy atom. The van der Waals surface area contributed by atoms with E-state index in [0.717, 1.165) is 44.9 Å². The summed E-state index contributed by atoms with van der Waals surface area (Å²) in [7, 11) is 0. The molecule has 1 aromatic rings. The van der Waals surface area contributed by atoms with E-state index in [9.17, 15) is 22.8 Å². The third-order valence-electron chi connectivity index (χ3n) is 10.3. The largest absolute Gasteiger partial charge is 0.462 e. The molecule has 5 rings (SSSR count). The van der Waals surface area contributed by atoms with Crippen molar-refractivity contribution in [2.75, 3.05) is 0 Å². The van der Waals surface area contributed by atoms with Crippen molar-refractivity contribution in [1.82, 2.24) is 0 Å². The summed E-state index contributed by atoms with van der Waals surface area (Å²) in [5.74, 6) is -0.306. The predicted molar refractivity (Wildman–Crippen MR) is 132 cm³/mol. The van der Waals surface area contributed by atoms with Crippen LogP contribution < -0.4 is 0 Å². The van der Waals surface area contributed by atoms with Crippen molar-refractivity contribution in [3.63, 3.8) is 0 Å². The summed E-state index contributed by atoms with van der Waals surface area (Å²) in [6.07, 6.45) is 2.08. The molecule has 0 amide bonds. The number of fused-ring (bicyclic) bond motifs is 5. The summed E-state index contributed by atoms with van der Waals surface area (Å²) in [4.78, 5) is 24.8. The number of esters is 2. The van der Waals surface area contributed by atoms with Gasteiger partial charge in [0.1, 0.15) is 6.10 Å². The molecular formula is C30H37F3O4. The maximum absolute atomic E-state index is 13.9. The molecule has 0 spiro atoms. The number of hydrogen-bond acceptors (Lipinski definition) is 4. The fourth-order valence-corrected chi connectivity index (χ4v) is 8.50. The van der Waals surface area contributed by atoms with Crippen LogP contribution in [0.1, 0.15) is 83.8 Å². The van der Waals surface area contributed by atoms with E-state index in [0.29, 0.717) is 18.3 Å². The van der Waals surface area contributed by atoms with Crippen LogP contribution in [0.25, 0.3) is 0 Å². The lowest BCUT2D eigenvalue weighted by molar-refractivity contribution is -0.228. The first-order valence-corrected chi connectivity index (χ1v) is 13.6. The molecule has 0 bridgehead atoms. The van der Waals surface area contributed by atoms with Crippen molar-refractivity contribution in [3.8, 4) is 0 Å². The number of benzene rings is 1. The fraction of sp³-hybridized carbons (Fsp3) is 0.667. The summed E-state index contributed by atoms with van der Waals surface area (Å²) >= 11 is 0. The molecule has 0 heterocycles. The number of hydrogen-bond donors (Lipinski definition) is 0. The van der Waals surface area contributed by atoms with Gasteiger partial charge in [-0.1, -0.05) is 55.8 Å². The Morgan fingerprint density at radius 3 is 2.41 bits per heavy atom. The van der Waals surface area contributed by atoms with E-state index >= 15 is 0 Å². The Labute approximate surface area is 217 Å². The zero-order valence-electron chi connectivity index (χ0n) is 21.9. The summed E-state index contributed by atoms with van der Waals surface area (Å²) in [6.45, 7) is 5.91. The highest BCUT2D eigenvalue weighted by Crippen LogP contribution is 2.66. The van der Waals surface area contributed by atoms with Crippen molar-refractivity contribution in [2.45, 2.75) is 90.5 Å². The topological polar surface area (TPSA) is 52.6 Å². The molecule has 0 N–H and O–H groups in total. The third kappa shape index (κ3) is 4.61. The van der Waals surface area contributed by atoms with Gasteiger partial charge >= 0.3 is 18.1 Å². The maximum atomic E-state index is 13.9. The van der Waals surface area contributed by atoms with Gasteiger partial charge in [0.2, 0.25) is 6.10 Å².